The Labute approximate surface area is 170 Å². The third kappa shape index (κ3) is 2.79. The van der Waals surface area contributed by atoms with Crippen LogP contribution in [0, 0.1) is 19.4 Å². The van der Waals surface area contributed by atoms with Gasteiger partial charge in [-0.05, 0) is 14.1 Å². The Morgan fingerprint density at radius 3 is 1.56 bits per heavy atom. The van der Waals surface area contributed by atoms with E-state index in [1.54, 1.807) is 24.8 Å². The van der Waals surface area contributed by atoms with Crippen molar-refractivity contribution in [2.24, 2.45) is 0 Å². The molecular weight excluding hydrogens is 518 g/mol. The van der Waals surface area contributed by atoms with Crippen LogP contribution in [-0.4, -0.2) is 34.0 Å². The molecule has 1 aromatic carbocycles. The Bertz CT molecular complexity index is 906. The maximum atomic E-state index is 4.46. The number of nitrogens with zero attached hydrogens (tertiary/aromatic N) is 8. The predicted molar refractivity (Wildman–Crippen MR) is 99.0 cm³/mol. The van der Waals surface area contributed by atoms with Crippen molar-refractivity contribution in [3.63, 3.8) is 0 Å². The Hall–Kier alpha value is -2.78. The molecule has 0 amide bonds. The average molecular weight is 534 g/mol. The summed E-state index contributed by atoms with van der Waals surface area (Å²) in [4.78, 5) is 25.5. The predicted octanol–water partition coefficient (Wildman–Crippen LogP) is 2.48. The number of anilines is 6. The van der Waals surface area contributed by atoms with Gasteiger partial charge in [0.25, 0.3) is 0 Å². The van der Waals surface area contributed by atoms with E-state index in [4.69, 9.17) is 0 Å². The molecule has 27 heavy (non-hydrogen) atoms. The van der Waals surface area contributed by atoms with Gasteiger partial charge in [-0.15, -0.1) is 42.9 Å². The number of benzene rings is 1. The van der Waals surface area contributed by atoms with E-state index in [0.29, 0.717) is 0 Å². The number of fused-ring (bicyclic) bond motifs is 2. The minimum atomic E-state index is 0. The molecule has 138 valence electrons. The van der Waals surface area contributed by atoms with Crippen molar-refractivity contribution >= 4 is 34.6 Å². The molecule has 8 nitrogen and oxygen atoms in total. The molecule has 0 unspecified atom stereocenters. The van der Waals surface area contributed by atoms with Crippen LogP contribution < -0.4 is 19.6 Å². The average Bonchev–Trinajstić information content (AvgIpc) is 3.20. The van der Waals surface area contributed by atoms with E-state index >= 15 is 0 Å². The summed E-state index contributed by atoms with van der Waals surface area (Å²) in [7, 11) is 3.90. The first-order valence-electron chi connectivity index (χ1n) is 8.11. The first-order chi connectivity index (χ1) is 12.7. The van der Waals surface area contributed by atoms with E-state index in [1.807, 2.05) is 65.2 Å². The molecule has 2 aliphatic heterocycles. The number of aromatic nitrogens is 4. The SMILES string of the molecule is CN1[CH-]N(c2[c-]c(N3[CH-]N(C)c4nccnc43)ccc2)c2nccnc21.[Os]. The van der Waals surface area contributed by atoms with Gasteiger partial charge in [0.1, 0.15) is 23.3 Å². The second-order valence-electron chi connectivity index (χ2n) is 6.02. The summed E-state index contributed by atoms with van der Waals surface area (Å²) in [5, 5.41) is 0. The zero-order valence-electron chi connectivity index (χ0n) is 14.6. The van der Waals surface area contributed by atoms with Gasteiger partial charge in [-0.25, -0.2) is 19.9 Å². The van der Waals surface area contributed by atoms with Crippen LogP contribution in [0.15, 0.2) is 43.0 Å². The first kappa shape index (κ1) is 17.6. The normalized spacial score (nSPS) is 14.9. The molecule has 0 bridgehead atoms. The molecule has 0 radical (unpaired) electrons. The number of rotatable bonds is 2. The summed E-state index contributed by atoms with van der Waals surface area (Å²) >= 11 is 0. The second kappa shape index (κ2) is 6.75. The maximum Gasteiger partial charge on any atom is 0.143 e. The molecule has 0 N–H and O–H groups in total. The molecule has 2 aromatic heterocycles. The van der Waals surface area contributed by atoms with Crippen LogP contribution >= 0.6 is 0 Å². The molecule has 4 heterocycles. The monoisotopic (exact) mass is 535 g/mol. The summed E-state index contributed by atoms with van der Waals surface area (Å²) in [5.41, 5.74) is 1.75. The Morgan fingerprint density at radius 1 is 0.704 bits per heavy atom. The van der Waals surface area contributed by atoms with Gasteiger partial charge in [-0.3, -0.25) is 0 Å². The van der Waals surface area contributed by atoms with Crippen molar-refractivity contribution in [1.29, 1.82) is 0 Å². The second-order valence-corrected chi connectivity index (χ2v) is 6.02. The Kier molecular flexibility index (Phi) is 4.40. The summed E-state index contributed by atoms with van der Waals surface area (Å²) < 4.78 is 0. The molecule has 5 rings (SSSR count). The molecule has 0 fully saturated rings. The van der Waals surface area contributed by atoms with Gasteiger partial charge in [0, 0.05) is 44.6 Å². The summed E-state index contributed by atoms with van der Waals surface area (Å²) in [6.45, 7) is 3.90. The van der Waals surface area contributed by atoms with Gasteiger partial charge >= 0.3 is 0 Å². The van der Waals surface area contributed by atoms with Gasteiger partial charge in [0.15, 0.2) is 0 Å². The zero-order valence-corrected chi connectivity index (χ0v) is 17.2. The molecule has 0 saturated heterocycles. The summed E-state index contributed by atoms with van der Waals surface area (Å²) in [6, 6.07) is 9.43. The van der Waals surface area contributed by atoms with Crippen LogP contribution in [0.5, 0.6) is 0 Å². The van der Waals surface area contributed by atoms with Crippen LogP contribution in [0.1, 0.15) is 0 Å². The molecule has 9 heteroatoms. The van der Waals surface area contributed by atoms with Crippen molar-refractivity contribution in [1.82, 2.24) is 19.9 Å². The number of hydrogen-bond donors (Lipinski definition) is 0. The van der Waals surface area contributed by atoms with E-state index < -0.39 is 0 Å². The van der Waals surface area contributed by atoms with E-state index in [9.17, 15) is 0 Å². The van der Waals surface area contributed by atoms with E-state index in [-0.39, 0.29) is 19.8 Å². The van der Waals surface area contributed by atoms with E-state index in [2.05, 4.69) is 26.0 Å². The van der Waals surface area contributed by atoms with Gasteiger partial charge < -0.3 is 19.6 Å². The van der Waals surface area contributed by atoms with Crippen LogP contribution in [0.25, 0.3) is 0 Å². The fourth-order valence-electron chi connectivity index (χ4n) is 3.13. The Morgan fingerprint density at radius 2 is 1.11 bits per heavy atom. The third-order valence-corrected chi connectivity index (χ3v) is 4.31. The molecule has 2 aliphatic rings. The molecule has 0 spiro atoms. The van der Waals surface area contributed by atoms with Crippen LogP contribution in [0.3, 0.4) is 0 Å². The smallest absolute Gasteiger partial charge is 0.143 e. The quantitative estimate of drug-likeness (QED) is 0.466. The minimum Gasteiger partial charge on any atom is -0.487 e. The molecular formula is C18H15N8Os-3. The fraction of sp³-hybridized carbons (Fsp3) is 0.111. The standard InChI is InChI=1S/C18H15N8.Os/c1-23-11-25(17-15(23)19-6-8-21-17)13-4-3-5-14(10-13)26-12-24(2)16-18(26)22-9-7-20-16;/h3-9,11-12H,1-2H3;/q-3;. The van der Waals surface area contributed by atoms with Gasteiger partial charge in [-0.2, -0.15) is 6.07 Å². The van der Waals surface area contributed by atoms with Crippen LogP contribution in [0.4, 0.5) is 34.6 Å². The van der Waals surface area contributed by atoms with Gasteiger partial charge in [0.05, 0.1) is 0 Å². The third-order valence-electron chi connectivity index (χ3n) is 4.31. The molecule has 0 atom stereocenters. The van der Waals surface area contributed by atoms with Crippen molar-refractivity contribution < 1.29 is 19.8 Å². The van der Waals surface area contributed by atoms with Crippen molar-refractivity contribution in [3.05, 3.63) is 62.4 Å². The molecule has 3 aromatic rings. The van der Waals surface area contributed by atoms with Gasteiger partial charge in [-0.1, -0.05) is 0 Å². The Balaban J connectivity index is 0.00000180. The summed E-state index contributed by atoms with van der Waals surface area (Å²) in [6.07, 6.45) is 6.77. The molecule has 0 saturated carbocycles. The topological polar surface area (TPSA) is 64.5 Å². The largest absolute Gasteiger partial charge is 0.487 e. The van der Waals surface area contributed by atoms with Crippen LogP contribution in [-0.2, 0) is 19.8 Å². The van der Waals surface area contributed by atoms with Crippen molar-refractivity contribution in [2.45, 2.75) is 0 Å². The molecule has 0 aliphatic carbocycles. The minimum absolute atomic E-state index is 0. The van der Waals surface area contributed by atoms with E-state index in [0.717, 1.165) is 34.6 Å². The zero-order chi connectivity index (χ0) is 17.7. The van der Waals surface area contributed by atoms with Gasteiger partial charge in [0.2, 0.25) is 0 Å². The maximum absolute atomic E-state index is 4.46. The van der Waals surface area contributed by atoms with Crippen LogP contribution in [0.2, 0.25) is 0 Å². The summed E-state index contributed by atoms with van der Waals surface area (Å²) in [5.74, 6) is 3.20. The number of hydrogen-bond acceptors (Lipinski definition) is 8. The van der Waals surface area contributed by atoms with Crippen molar-refractivity contribution in [2.75, 3.05) is 33.7 Å². The fourth-order valence-corrected chi connectivity index (χ4v) is 3.13. The van der Waals surface area contributed by atoms with Crippen molar-refractivity contribution in [3.8, 4) is 0 Å². The first-order valence-corrected chi connectivity index (χ1v) is 8.11. The van der Waals surface area contributed by atoms with E-state index in [1.165, 1.54) is 0 Å².